The van der Waals surface area contributed by atoms with Gasteiger partial charge in [-0.3, -0.25) is 4.99 Å². The zero-order valence-electron chi connectivity index (χ0n) is 9.88. The molecule has 15 heavy (non-hydrogen) atoms. The Balaban J connectivity index is 2.63. The van der Waals surface area contributed by atoms with Gasteiger partial charge in [0.15, 0.2) is 0 Å². The van der Waals surface area contributed by atoms with E-state index in [9.17, 15) is 4.79 Å². The van der Waals surface area contributed by atoms with E-state index in [1.165, 1.54) is 36.1 Å². The van der Waals surface area contributed by atoms with Crippen molar-refractivity contribution >= 4 is 12.0 Å². The molecule has 1 aliphatic rings. The smallest absolute Gasteiger partial charge is 0.120 e. The van der Waals surface area contributed by atoms with Gasteiger partial charge in [0.25, 0.3) is 0 Å². The molecular formula is C13H21NO. The molecule has 0 aliphatic heterocycles. The Kier molecular flexibility index (Phi) is 5.30. The number of carbonyl (C=O) groups excluding carboxylic acids is 1. The van der Waals surface area contributed by atoms with Crippen LogP contribution in [-0.4, -0.2) is 19.0 Å². The van der Waals surface area contributed by atoms with Crippen molar-refractivity contribution < 1.29 is 4.79 Å². The van der Waals surface area contributed by atoms with Crippen LogP contribution in [0.15, 0.2) is 16.1 Å². The molecule has 0 saturated heterocycles. The van der Waals surface area contributed by atoms with Gasteiger partial charge >= 0.3 is 0 Å². The van der Waals surface area contributed by atoms with Gasteiger partial charge in [0, 0.05) is 19.2 Å². The first-order valence-electron chi connectivity index (χ1n) is 5.88. The summed E-state index contributed by atoms with van der Waals surface area (Å²) in [6.07, 6.45) is 8.60. The molecule has 1 rings (SSSR count). The third kappa shape index (κ3) is 3.61. The van der Waals surface area contributed by atoms with Crippen LogP contribution in [0.5, 0.6) is 0 Å². The second-order valence-corrected chi connectivity index (χ2v) is 4.20. The number of nitrogens with zero attached hydrogens (tertiary/aromatic N) is 1. The van der Waals surface area contributed by atoms with E-state index in [4.69, 9.17) is 0 Å². The Bertz CT molecular complexity index is 276. The van der Waals surface area contributed by atoms with Gasteiger partial charge in [0.1, 0.15) is 6.29 Å². The van der Waals surface area contributed by atoms with Crippen LogP contribution in [0, 0.1) is 0 Å². The summed E-state index contributed by atoms with van der Waals surface area (Å²) < 4.78 is 0. The molecule has 0 atom stereocenters. The lowest BCUT2D eigenvalue weighted by Gasteiger charge is -2.19. The quantitative estimate of drug-likeness (QED) is 0.513. The standard InChI is InChI=1S/C13H21NO/c1-11(7-5-6-10-15)12-8-3-4-9-13(12)14-2/h10H,3-9H2,1-2H3/b12-11+,14-13?. The zero-order chi connectivity index (χ0) is 11.1. The molecule has 1 fully saturated rings. The lowest BCUT2D eigenvalue weighted by molar-refractivity contribution is -0.107. The van der Waals surface area contributed by atoms with Crippen molar-refractivity contribution in [2.24, 2.45) is 4.99 Å². The maximum Gasteiger partial charge on any atom is 0.120 e. The Morgan fingerprint density at radius 2 is 2.13 bits per heavy atom. The van der Waals surface area contributed by atoms with Crippen molar-refractivity contribution in [1.82, 2.24) is 0 Å². The van der Waals surface area contributed by atoms with Crippen molar-refractivity contribution in [2.75, 3.05) is 7.05 Å². The molecule has 0 radical (unpaired) electrons. The van der Waals surface area contributed by atoms with Crippen LogP contribution < -0.4 is 0 Å². The van der Waals surface area contributed by atoms with Crippen LogP contribution in [0.3, 0.4) is 0 Å². The van der Waals surface area contributed by atoms with Gasteiger partial charge in [-0.05, 0) is 51.0 Å². The molecule has 1 saturated carbocycles. The van der Waals surface area contributed by atoms with Crippen LogP contribution in [0.25, 0.3) is 0 Å². The molecule has 84 valence electrons. The largest absolute Gasteiger partial charge is 0.303 e. The molecule has 0 heterocycles. The summed E-state index contributed by atoms with van der Waals surface area (Å²) in [5, 5.41) is 0. The fourth-order valence-corrected chi connectivity index (χ4v) is 2.20. The maximum atomic E-state index is 10.2. The average Bonchev–Trinajstić information content (AvgIpc) is 2.29. The highest BCUT2D eigenvalue weighted by atomic mass is 16.1. The number of carbonyl (C=O) groups is 1. The number of aliphatic imine (C=N–C) groups is 1. The lowest BCUT2D eigenvalue weighted by atomic mass is 9.88. The molecule has 1 aliphatic carbocycles. The van der Waals surface area contributed by atoms with Crippen LogP contribution in [-0.2, 0) is 4.79 Å². The number of unbranched alkanes of at least 4 members (excludes halogenated alkanes) is 1. The number of allylic oxidation sites excluding steroid dienone is 2. The predicted molar refractivity (Wildman–Crippen MR) is 64.4 cm³/mol. The first kappa shape index (κ1) is 12.2. The molecule has 0 spiro atoms. The van der Waals surface area contributed by atoms with Gasteiger partial charge in [-0.2, -0.15) is 0 Å². The van der Waals surface area contributed by atoms with Crippen LogP contribution in [0.2, 0.25) is 0 Å². The van der Waals surface area contributed by atoms with Gasteiger partial charge in [0.2, 0.25) is 0 Å². The number of aldehydes is 1. The summed E-state index contributed by atoms with van der Waals surface area (Å²) in [6, 6.07) is 0. The Labute approximate surface area is 92.5 Å². The topological polar surface area (TPSA) is 29.4 Å². The maximum absolute atomic E-state index is 10.2. The van der Waals surface area contributed by atoms with Crippen molar-refractivity contribution in [2.45, 2.75) is 51.9 Å². The first-order valence-corrected chi connectivity index (χ1v) is 5.88. The lowest BCUT2D eigenvalue weighted by Crippen LogP contribution is -2.11. The van der Waals surface area contributed by atoms with E-state index in [0.717, 1.165) is 25.5 Å². The predicted octanol–water partition coefficient (Wildman–Crippen LogP) is 3.32. The van der Waals surface area contributed by atoms with Gasteiger partial charge in [-0.15, -0.1) is 0 Å². The minimum atomic E-state index is 0.684. The summed E-state index contributed by atoms with van der Waals surface area (Å²) in [7, 11) is 1.89. The number of rotatable bonds is 4. The molecule has 0 aromatic carbocycles. The van der Waals surface area contributed by atoms with Crippen LogP contribution in [0.1, 0.15) is 51.9 Å². The fraction of sp³-hybridized carbons (Fsp3) is 0.692. The monoisotopic (exact) mass is 207 g/mol. The third-order valence-electron chi connectivity index (χ3n) is 3.10. The second kappa shape index (κ2) is 6.54. The molecule has 0 N–H and O–H groups in total. The summed E-state index contributed by atoms with van der Waals surface area (Å²) in [4.78, 5) is 14.6. The van der Waals surface area contributed by atoms with E-state index in [2.05, 4.69) is 11.9 Å². The highest BCUT2D eigenvalue weighted by Gasteiger charge is 2.14. The summed E-state index contributed by atoms with van der Waals surface area (Å²) >= 11 is 0. The van der Waals surface area contributed by atoms with E-state index in [1.54, 1.807) is 0 Å². The number of hydrogen-bond acceptors (Lipinski definition) is 2. The molecule has 0 unspecified atom stereocenters. The summed E-state index contributed by atoms with van der Waals surface area (Å²) in [5.41, 5.74) is 4.21. The fourth-order valence-electron chi connectivity index (χ4n) is 2.20. The van der Waals surface area contributed by atoms with Crippen molar-refractivity contribution in [1.29, 1.82) is 0 Å². The number of hydrogen-bond donors (Lipinski definition) is 0. The summed E-state index contributed by atoms with van der Waals surface area (Å²) in [6.45, 7) is 2.19. The zero-order valence-corrected chi connectivity index (χ0v) is 9.88. The molecule has 0 aromatic rings. The minimum Gasteiger partial charge on any atom is -0.303 e. The second-order valence-electron chi connectivity index (χ2n) is 4.20. The first-order chi connectivity index (χ1) is 7.29. The van der Waals surface area contributed by atoms with Crippen LogP contribution in [0.4, 0.5) is 0 Å². The van der Waals surface area contributed by atoms with Crippen molar-refractivity contribution in [3.05, 3.63) is 11.1 Å². The molecule has 2 heteroatoms. The van der Waals surface area contributed by atoms with E-state index in [1.807, 2.05) is 7.05 Å². The molecular weight excluding hydrogens is 186 g/mol. The molecule has 0 bridgehead atoms. The minimum absolute atomic E-state index is 0.684. The highest BCUT2D eigenvalue weighted by Crippen LogP contribution is 2.25. The highest BCUT2D eigenvalue weighted by molar-refractivity contribution is 6.01. The Morgan fingerprint density at radius 3 is 2.80 bits per heavy atom. The third-order valence-corrected chi connectivity index (χ3v) is 3.10. The van der Waals surface area contributed by atoms with E-state index in [0.29, 0.717) is 6.42 Å². The van der Waals surface area contributed by atoms with E-state index < -0.39 is 0 Å². The van der Waals surface area contributed by atoms with E-state index >= 15 is 0 Å². The molecule has 0 amide bonds. The van der Waals surface area contributed by atoms with Crippen LogP contribution >= 0.6 is 0 Å². The normalized spacial score (nSPS) is 22.9. The Morgan fingerprint density at radius 1 is 1.40 bits per heavy atom. The van der Waals surface area contributed by atoms with Gasteiger partial charge in [0.05, 0.1) is 0 Å². The Hall–Kier alpha value is -0.920. The molecule has 0 aromatic heterocycles. The molecule has 2 nitrogen and oxygen atoms in total. The van der Waals surface area contributed by atoms with Gasteiger partial charge in [-0.1, -0.05) is 5.57 Å². The van der Waals surface area contributed by atoms with Gasteiger partial charge < -0.3 is 4.79 Å². The van der Waals surface area contributed by atoms with E-state index in [-0.39, 0.29) is 0 Å². The average molecular weight is 207 g/mol. The van der Waals surface area contributed by atoms with Crippen molar-refractivity contribution in [3.63, 3.8) is 0 Å². The van der Waals surface area contributed by atoms with Gasteiger partial charge in [-0.25, -0.2) is 0 Å². The van der Waals surface area contributed by atoms with Crippen molar-refractivity contribution in [3.8, 4) is 0 Å². The summed E-state index contributed by atoms with van der Waals surface area (Å²) in [5.74, 6) is 0. The SMILES string of the molecule is CN=C1CCCC/C1=C(/C)CCCC=O.